The molecule has 0 N–H and O–H groups in total. The molecule has 0 atom stereocenters. The first-order chi connectivity index (χ1) is 7.11. The third kappa shape index (κ3) is 1.35. The van der Waals surface area contributed by atoms with Gasteiger partial charge in [0.15, 0.2) is 0 Å². The van der Waals surface area contributed by atoms with Crippen LogP contribution in [0.25, 0.3) is 11.0 Å². The molecule has 2 heterocycles. The zero-order valence-electron chi connectivity index (χ0n) is 7.88. The Bertz CT molecular complexity index is 603. The van der Waals surface area contributed by atoms with Gasteiger partial charge in [-0.3, -0.25) is 19.5 Å². The summed E-state index contributed by atoms with van der Waals surface area (Å²) in [5.41, 5.74) is -0.641. The van der Waals surface area contributed by atoms with Crippen LogP contribution in [-0.2, 0) is 7.05 Å². The number of rotatable bonds is 1. The lowest BCUT2D eigenvalue weighted by molar-refractivity contribution is -0.386. The highest BCUT2D eigenvalue weighted by Gasteiger charge is 2.15. The molecule has 0 saturated heterocycles. The molecule has 0 saturated carbocycles. The Hall–Kier alpha value is -2.24. The molecule has 76 valence electrons. The van der Waals surface area contributed by atoms with E-state index >= 15 is 0 Å². The molecule has 2 aromatic rings. The van der Waals surface area contributed by atoms with E-state index in [0.717, 1.165) is 0 Å². The highest BCUT2D eigenvalue weighted by atomic mass is 16.6. The van der Waals surface area contributed by atoms with Crippen molar-refractivity contribution in [2.45, 2.75) is 0 Å². The van der Waals surface area contributed by atoms with Gasteiger partial charge in [-0.05, 0) is 12.1 Å². The number of fused-ring (bicyclic) bond motifs is 1. The summed E-state index contributed by atoms with van der Waals surface area (Å²) in [5.74, 6) is 0. The molecule has 0 fully saturated rings. The summed E-state index contributed by atoms with van der Waals surface area (Å²) < 4.78 is 1.17. The molecule has 0 aliphatic carbocycles. The fourth-order valence-corrected chi connectivity index (χ4v) is 1.41. The number of aryl methyl sites for hydroxylation is 1. The molecule has 2 rings (SSSR count). The minimum absolute atomic E-state index is 0.432. The van der Waals surface area contributed by atoms with Crippen LogP contribution >= 0.6 is 0 Å². The lowest BCUT2D eigenvalue weighted by Gasteiger charge is -2.02. The molecule has 0 amide bonds. The van der Waals surface area contributed by atoms with Gasteiger partial charge in [-0.15, -0.1) is 0 Å². The molecule has 0 aliphatic rings. The van der Waals surface area contributed by atoms with Gasteiger partial charge in [0.1, 0.15) is 5.65 Å². The Morgan fingerprint density at radius 2 is 2.27 bits per heavy atom. The maximum Gasteiger partial charge on any atom is 0.334 e. The topological polar surface area (TPSA) is 78.0 Å². The zero-order valence-corrected chi connectivity index (χ0v) is 7.88. The largest absolute Gasteiger partial charge is 0.334 e. The van der Waals surface area contributed by atoms with E-state index in [1.54, 1.807) is 12.1 Å². The van der Waals surface area contributed by atoms with Crippen molar-refractivity contribution in [2.24, 2.45) is 7.05 Å². The minimum atomic E-state index is -0.686. The first-order valence-corrected chi connectivity index (χ1v) is 4.20. The smallest absolute Gasteiger partial charge is 0.290 e. The van der Waals surface area contributed by atoms with Gasteiger partial charge in [-0.1, -0.05) is 0 Å². The van der Waals surface area contributed by atoms with E-state index in [-0.39, 0.29) is 0 Å². The van der Waals surface area contributed by atoms with Crippen LogP contribution in [0, 0.1) is 10.1 Å². The predicted molar refractivity (Wildman–Crippen MR) is 53.6 cm³/mol. The van der Waals surface area contributed by atoms with E-state index in [2.05, 4.69) is 4.98 Å². The minimum Gasteiger partial charge on any atom is -0.290 e. The van der Waals surface area contributed by atoms with Gasteiger partial charge < -0.3 is 0 Å². The van der Waals surface area contributed by atoms with Gasteiger partial charge in [-0.2, -0.15) is 0 Å². The van der Waals surface area contributed by atoms with Gasteiger partial charge in [-0.25, -0.2) is 4.98 Å². The van der Waals surface area contributed by atoms with Gasteiger partial charge in [0, 0.05) is 24.7 Å². The fraction of sp³-hybridized carbons (Fsp3) is 0.111. The molecular formula is C9H7N3O3. The monoisotopic (exact) mass is 205 g/mol. The van der Waals surface area contributed by atoms with Gasteiger partial charge in [0.2, 0.25) is 0 Å². The standard InChI is InChI=1S/C9H7N3O3/c1-11-8-6(3-2-4-10-8)5-7(9(11)13)12(14)15/h2-5H,1H3. The van der Waals surface area contributed by atoms with E-state index in [1.807, 2.05) is 0 Å². The Kier molecular flexibility index (Phi) is 1.96. The molecule has 0 aromatic carbocycles. The molecule has 6 heteroatoms. The van der Waals surface area contributed by atoms with Gasteiger partial charge in [0.25, 0.3) is 0 Å². The maximum absolute atomic E-state index is 11.5. The van der Waals surface area contributed by atoms with Crippen LogP contribution in [0.1, 0.15) is 0 Å². The lowest BCUT2D eigenvalue weighted by atomic mass is 10.2. The molecule has 6 nitrogen and oxygen atoms in total. The average Bonchev–Trinajstić information content (AvgIpc) is 2.23. The summed E-state index contributed by atoms with van der Waals surface area (Å²) >= 11 is 0. The summed E-state index contributed by atoms with van der Waals surface area (Å²) in [6, 6.07) is 4.58. The van der Waals surface area contributed by atoms with Crippen LogP contribution in [0.2, 0.25) is 0 Å². The van der Waals surface area contributed by atoms with Crippen molar-refractivity contribution in [3.63, 3.8) is 0 Å². The van der Waals surface area contributed by atoms with Crippen molar-refractivity contribution in [1.82, 2.24) is 9.55 Å². The Morgan fingerprint density at radius 3 is 2.93 bits per heavy atom. The third-order valence-electron chi connectivity index (χ3n) is 2.15. The average molecular weight is 205 g/mol. The second kappa shape index (κ2) is 3.16. The van der Waals surface area contributed by atoms with Crippen LogP contribution in [0.5, 0.6) is 0 Å². The van der Waals surface area contributed by atoms with Crippen molar-refractivity contribution >= 4 is 16.7 Å². The third-order valence-corrected chi connectivity index (χ3v) is 2.15. The van der Waals surface area contributed by atoms with E-state index in [9.17, 15) is 14.9 Å². The molecule has 0 aliphatic heterocycles. The highest BCUT2D eigenvalue weighted by molar-refractivity contribution is 5.77. The van der Waals surface area contributed by atoms with Gasteiger partial charge >= 0.3 is 11.2 Å². The van der Waals surface area contributed by atoms with Crippen molar-refractivity contribution < 1.29 is 4.92 Å². The summed E-state index contributed by atoms with van der Waals surface area (Å²) in [5, 5.41) is 11.2. The quantitative estimate of drug-likeness (QED) is 0.510. The van der Waals surface area contributed by atoms with Crippen LogP contribution in [-0.4, -0.2) is 14.5 Å². The number of hydrogen-bond acceptors (Lipinski definition) is 4. The number of aromatic nitrogens is 2. The molecule has 15 heavy (non-hydrogen) atoms. The second-order valence-electron chi connectivity index (χ2n) is 3.07. The van der Waals surface area contributed by atoms with E-state index in [1.165, 1.54) is 23.9 Å². The summed E-state index contributed by atoms with van der Waals surface area (Å²) in [6.45, 7) is 0. The summed E-state index contributed by atoms with van der Waals surface area (Å²) in [6.07, 6.45) is 1.54. The van der Waals surface area contributed by atoms with Crippen LogP contribution < -0.4 is 5.56 Å². The summed E-state index contributed by atoms with van der Waals surface area (Å²) in [7, 11) is 1.46. The van der Waals surface area contributed by atoms with Crippen molar-refractivity contribution in [2.75, 3.05) is 0 Å². The van der Waals surface area contributed by atoms with Crippen molar-refractivity contribution in [3.05, 3.63) is 44.9 Å². The molecule has 0 spiro atoms. The van der Waals surface area contributed by atoms with E-state index < -0.39 is 16.2 Å². The van der Waals surface area contributed by atoms with E-state index in [4.69, 9.17) is 0 Å². The molecule has 0 unspecified atom stereocenters. The Labute approximate surface area is 83.9 Å². The van der Waals surface area contributed by atoms with Crippen molar-refractivity contribution in [3.8, 4) is 0 Å². The number of pyridine rings is 2. The molecular weight excluding hydrogens is 198 g/mol. The predicted octanol–water partition coefficient (Wildman–Crippen LogP) is 0.842. The second-order valence-corrected chi connectivity index (χ2v) is 3.07. The first-order valence-electron chi connectivity index (χ1n) is 4.20. The summed E-state index contributed by atoms with van der Waals surface area (Å²) in [4.78, 5) is 25.4. The highest BCUT2D eigenvalue weighted by Crippen LogP contribution is 2.13. The molecule has 0 radical (unpaired) electrons. The van der Waals surface area contributed by atoms with E-state index in [0.29, 0.717) is 11.0 Å². The maximum atomic E-state index is 11.5. The lowest BCUT2D eigenvalue weighted by Crippen LogP contribution is -2.20. The Morgan fingerprint density at radius 1 is 1.53 bits per heavy atom. The fourth-order valence-electron chi connectivity index (χ4n) is 1.41. The number of nitrogens with zero attached hydrogens (tertiary/aromatic N) is 3. The molecule has 2 aromatic heterocycles. The normalized spacial score (nSPS) is 10.5. The van der Waals surface area contributed by atoms with Crippen LogP contribution in [0.15, 0.2) is 29.2 Å². The SMILES string of the molecule is Cn1c(=O)c([N+](=O)[O-])cc2cccnc21. The number of hydrogen-bond donors (Lipinski definition) is 0. The molecule has 0 bridgehead atoms. The van der Waals surface area contributed by atoms with Crippen molar-refractivity contribution in [1.29, 1.82) is 0 Å². The zero-order chi connectivity index (χ0) is 11.0. The number of nitro groups is 1. The van der Waals surface area contributed by atoms with Crippen LogP contribution in [0.3, 0.4) is 0 Å². The van der Waals surface area contributed by atoms with Crippen LogP contribution in [0.4, 0.5) is 5.69 Å². The van der Waals surface area contributed by atoms with Gasteiger partial charge in [0.05, 0.1) is 4.92 Å². The first kappa shape index (κ1) is 9.32. The Balaban J connectivity index is 2.95.